The van der Waals surface area contributed by atoms with Crippen molar-refractivity contribution < 1.29 is 13.2 Å². The first-order valence-corrected chi connectivity index (χ1v) is 6.28. The molecule has 0 fully saturated rings. The number of nitrogens with one attached hydrogen (secondary N) is 1. The van der Waals surface area contributed by atoms with Crippen molar-refractivity contribution >= 4 is 11.0 Å². The summed E-state index contributed by atoms with van der Waals surface area (Å²) in [5, 5.41) is 3.42. The number of hydrogen-bond acceptors (Lipinski definition) is 2. The first-order chi connectivity index (χ1) is 8.69. The fourth-order valence-corrected chi connectivity index (χ4v) is 2.13. The van der Waals surface area contributed by atoms with Gasteiger partial charge in [-0.1, -0.05) is 20.3 Å². The molecule has 18 heavy (non-hydrogen) atoms. The molecule has 0 spiro atoms. The minimum atomic E-state index is -0.508. The van der Waals surface area contributed by atoms with Crippen LogP contribution in [0.5, 0.6) is 0 Å². The van der Waals surface area contributed by atoms with E-state index in [9.17, 15) is 8.78 Å². The zero-order chi connectivity index (χ0) is 13.1. The van der Waals surface area contributed by atoms with Gasteiger partial charge in [0.1, 0.15) is 11.6 Å². The molecule has 0 aliphatic carbocycles. The second-order valence-corrected chi connectivity index (χ2v) is 4.27. The second kappa shape index (κ2) is 5.48. The molecule has 1 aromatic carbocycles. The van der Waals surface area contributed by atoms with E-state index in [-0.39, 0.29) is 5.58 Å². The van der Waals surface area contributed by atoms with Crippen LogP contribution in [0, 0.1) is 11.6 Å². The monoisotopic (exact) mass is 253 g/mol. The normalized spacial score (nSPS) is 11.3. The Morgan fingerprint density at radius 3 is 2.56 bits per heavy atom. The second-order valence-electron chi connectivity index (χ2n) is 4.27. The summed E-state index contributed by atoms with van der Waals surface area (Å²) < 4.78 is 33.0. The molecule has 0 saturated heterocycles. The van der Waals surface area contributed by atoms with E-state index in [0.29, 0.717) is 24.1 Å². The zero-order valence-electron chi connectivity index (χ0n) is 10.6. The number of rotatable bonds is 5. The van der Waals surface area contributed by atoms with Crippen molar-refractivity contribution in [3.63, 3.8) is 0 Å². The Bertz CT molecular complexity index is 548. The number of hydrogen-bond donors (Lipinski definition) is 1. The summed E-state index contributed by atoms with van der Waals surface area (Å²) >= 11 is 0. The maximum atomic E-state index is 13.8. The van der Waals surface area contributed by atoms with Gasteiger partial charge in [-0.15, -0.1) is 0 Å². The Hall–Kier alpha value is -1.42. The quantitative estimate of drug-likeness (QED) is 0.877. The molecular weight excluding hydrogens is 236 g/mol. The Labute approximate surface area is 105 Å². The van der Waals surface area contributed by atoms with Crippen molar-refractivity contribution in [2.75, 3.05) is 6.54 Å². The van der Waals surface area contributed by atoms with Gasteiger partial charge in [-0.3, -0.25) is 0 Å². The molecule has 2 aromatic rings. The summed E-state index contributed by atoms with van der Waals surface area (Å²) in [6, 6.07) is 2.26. The third-order valence-corrected chi connectivity index (χ3v) is 2.96. The van der Waals surface area contributed by atoms with E-state index >= 15 is 0 Å². The molecule has 2 rings (SSSR count). The maximum Gasteiger partial charge on any atom is 0.173 e. The highest BCUT2D eigenvalue weighted by Crippen LogP contribution is 2.31. The Morgan fingerprint density at radius 2 is 1.89 bits per heavy atom. The predicted octanol–water partition coefficient (Wildman–Crippen LogP) is 3.77. The molecule has 0 aliphatic rings. The molecule has 0 bridgehead atoms. The lowest BCUT2D eigenvalue weighted by atomic mass is 10.1. The first-order valence-electron chi connectivity index (χ1n) is 6.28. The van der Waals surface area contributed by atoms with Gasteiger partial charge in [0.15, 0.2) is 11.4 Å². The van der Waals surface area contributed by atoms with Crippen molar-refractivity contribution in [1.29, 1.82) is 0 Å². The highest BCUT2D eigenvalue weighted by atomic mass is 19.1. The number of aryl methyl sites for hydroxylation is 1. The zero-order valence-corrected chi connectivity index (χ0v) is 10.6. The van der Waals surface area contributed by atoms with E-state index in [0.717, 1.165) is 30.7 Å². The van der Waals surface area contributed by atoms with Crippen molar-refractivity contribution in [1.82, 2.24) is 5.32 Å². The van der Waals surface area contributed by atoms with Crippen molar-refractivity contribution in [2.45, 2.75) is 33.2 Å². The van der Waals surface area contributed by atoms with Gasteiger partial charge in [0.2, 0.25) is 0 Å². The van der Waals surface area contributed by atoms with E-state index in [1.165, 1.54) is 0 Å². The smallest absolute Gasteiger partial charge is 0.173 e. The molecule has 0 unspecified atom stereocenters. The average molecular weight is 253 g/mol. The van der Waals surface area contributed by atoms with Crippen molar-refractivity contribution in [3.8, 4) is 0 Å². The van der Waals surface area contributed by atoms with Crippen LogP contribution in [0.1, 0.15) is 31.6 Å². The van der Waals surface area contributed by atoms with Crippen LogP contribution in [0.25, 0.3) is 11.0 Å². The molecule has 2 nitrogen and oxygen atoms in total. The number of halogens is 2. The molecule has 98 valence electrons. The fourth-order valence-electron chi connectivity index (χ4n) is 2.13. The predicted molar refractivity (Wildman–Crippen MR) is 67.5 cm³/mol. The average Bonchev–Trinajstić information content (AvgIpc) is 2.72. The third-order valence-electron chi connectivity index (χ3n) is 2.96. The fraction of sp³-hybridized carbons (Fsp3) is 0.429. The van der Waals surface area contributed by atoms with Crippen LogP contribution in [-0.4, -0.2) is 6.54 Å². The lowest BCUT2D eigenvalue weighted by Gasteiger charge is -2.02. The van der Waals surface area contributed by atoms with Gasteiger partial charge in [0.05, 0.1) is 11.9 Å². The highest BCUT2D eigenvalue weighted by Gasteiger charge is 2.19. The van der Waals surface area contributed by atoms with E-state index < -0.39 is 11.6 Å². The standard InChI is InChI=1S/C14H17F2NO/c1-3-5-9-12(8-17-4-2)18-14-11(16)7-6-10(15)13(9)14/h6-7,17H,3-5,8H2,1-2H3. The molecule has 1 heterocycles. The molecule has 1 N–H and O–H groups in total. The summed E-state index contributed by atoms with van der Waals surface area (Å²) in [5.41, 5.74) is 0.816. The lowest BCUT2D eigenvalue weighted by molar-refractivity contribution is 0.493. The molecule has 4 heteroatoms. The van der Waals surface area contributed by atoms with Crippen LogP contribution < -0.4 is 5.32 Å². The number of benzene rings is 1. The molecular formula is C14H17F2NO. The lowest BCUT2D eigenvalue weighted by Crippen LogP contribution is -2.12. The summed E-state index contributed by atoms with van der Waals surface area (Å²) in [6.45, 7) is 5.27. The van der Waals surface area contributed by atoms with Crippen molar-refractivity contribution in [2.24, 2.45) is 0 Å². The van der Waals surface area contributed by atoms with Crippen molar-refractivity contribution in [3.05, 3.63) is 35.1 Å². The van der Waals surface area contributed by atoms with Gasteiger partial charge in [-0.2, -0.15) is 0 Å². The van der Waals surface area contributed by atoms with E-state index in [1.54, 1.807) is 0 Å². The van der Waals surface area contributed by atoms with E-state index in [2.05, 4.69) is 5.32 Å². The summed E-state index contributed by atoms with van der Waals surface area (Å²) in [6.07, 6.45) is 1.55. The molecule has 1 aromatic heterocycles. The van der Waals surface area contributed by atoms with Gasteiger partial charge in [-0.05, 0) is 25.1 Å². The van der Waals surface area contributed by atoms with Gasteiger partial charge in [-0.25, -0.2) is 8.78 Å². The Balaban J connectivity index is 2.59. The van der Waals surface area contributed by atoms with Crippen LogP contribution in [-0.2, 0) is 13.0 Å². The number of furan rings is 1. The number of fused-ring (bicyclic) bond motifs is 1. The van der Waals surface area contributed by atoms with Crippen LogP contribution in [0.15, 0.2) is 16.5 Å². The molecule has 0 radical (unpaired) electrons. The summed E-state index contributed by atoms with van der Waals surface area (Å²) in [5.74, 6) is -0.287. The first kappa shape index (κ1) is 13.0. The van der Waals surface area contributed by atoms with Gasteiger partial charge < -0.3 is 9.73 Å². The van der Waals surface area contributed by atoms with Crippen LogP contribution in [0.4, 0.5) is 8.78 Å². The van der Waals surface area contributed by atoms with Gasteiger partial charge in [0, 0.05) is 5.56 Å². The van der Waals surface area contributed by atoms with Crippen LogP contribution in [0.3, 0.4) is 0 Å². The van der Waals surface area contributed by atoms with E-state index in [4.69, 9.17) is 4.42 Å². The molecule has 0 amide bonds. The van der Waals surface area contributed by atoms with Crippen LogP contribution in [0.2, 0.25) is 0 Å². The third kappa shape index (κ3) is 2.25. The minimum Gasteiger partial charge on any atom is -0.456 e. The molecule has 0 saturated carbocycles. The minimum absolute atomic E-state index is 0.0337. The SMILES string of the molecule is CCCc1c(CNCC)oc2c(F)ccc(F)c12. The summed E-state index contributed by atoms with van der Waals surface area (Å²) in [4.78, 5) is 0. The van der Waals surface area contributed by atoms with Gasteiger partial charge >= 0.3 is 0 Å². The topological polar surface area (TPSA) is 25.2 Å². The summed E-state index contributed by atoms with van der Waals surface area (Å²) in [7, 11) is 0. The van der Waals surface area contributed by atoms with Gasteiger partial charge in [0.25, 0.3) is 0 Å². The largest absolute Gasteiger partial charge is 0.456 e. The highest BCUT2D eigenvalue weighted by molar-refractivity contribution is 5.83. The molecule has 0 aliphatic heterocycles. The maximum absolute atomic E-state index is 13.8. The van der Waals surface area contributed by atoms with Crippen LogP contribution >= 0.6 is 0 Å². The molecule has 0 atom stereocenters. The Kier molecular flexibility index (Phi) is 3.97. The van der Waals surface area contributed by atoms with E-state index in [1.807, 2.05) is 13.8 Å². The Morgan fingerprint density at radius 1 is 1.17 bits per heavy atom.